The van der Waals surface area contributed by atoms with E-state index < -0.39 is 5.97 Å². The average Bonchev–Trinajstić information content (AvgIpc) is 2.55. The minimum Gasteiger partial charge on any atom is -0.492 e. The van der Waals surface area contributed by atoms with Crippen LogP contribution in [0.5, 0.6) is 11.5 Å². The van der Waals surface area contributed by atoms with E-state index in [4.69, 9.17) is 9.47 Å². The zero-order valence-electron chi connectivity index (χ0n) is 13.4. The van der Waals surface area contributed by atoms with Crippen molar-refractivity contribution in [2.24, 2.45) is 0 Å². The Hall–Kier alpha value is -2.59. The zero-order valence-corrected chi connectivity index (χ0v) is 13.4. The van der Waals surface area contributed by atoms with Crippen LogP contribution in [0.4, 0.5) is 0 Å². The lowest BCUT2D eigenvalue weighted by Gasteiger charge is -2.10. The molecule has 0 aliphatic heterocycles. The summed E-state index contributed by atoms with van der Waals surface area (Å²) >= 11 is 0. The lowest BCUT2D eigenvalue weighted by Crippen LogP contribution is -2.19. The summed E-state index contributed by atoms with van der Waals surface area (Å²) in [5.74, 6) is 0.949. The van der Waals surface area contributed by atoms with E-state index >= 15 is 0 Å². The van der Waals surface area contributed by atoms with Crippen LogP contribution in [0, 0.1) is 0 Å². The molecule has 23 heavy (non-hydrogen) atoms. The molecule has 0 aliphatic rings. The van der Waals surface area contributed by atoms with Crippen LogP contribution >= 0.6 is 0 Å². The van der Waals surface area contributed by atoms with Gasteiger partial charge < -0.3 is 14.4 Å². The number of para-hydroxylation sites is 1. The number of likely N-dealkylation sites (N-methyl/N-ethyl adjacent to an activating group) is 1. The van der Waals surface area contributed by atoms with Crippen LogP contribution in [0.15, 0.2) is 60.7 Å². The lowest BCUT2D eigenvalue weighted by molar-refractivity contribution is -0.128. The van der Waals surface area contributed by atoms with Gasteiger partial charge in [0.15, 0.2) is 0 Å². The van der Waals surface area contributed by atoms with E-state index in [1.54, 1.807) is 18.2 Å². The molecular weight excluding hydrogens is 290 g/mol. The van der Waals surface area contributed by atoms with E-state index in [-0.39, 0.29) is 0 Å². The number of esters is 1. The molecule has 120 valence electrons. The fourth-order valence-corrected chi connectivity index (χ4v) is 1.82. The number of hydrogen-bond donors (Lipinski definition) is 0. The van der Waals surface area contributed by atoms with Crippen molar-refractivity contribution < 1.29 is 14.3 Å². The Morgan fingerprint density at radius 1 is 1.00 bits per heavy atom. The van der Waals surface area contributed by atoms with Gasteiger partial charge in [-0.1, -0.05) is 30.3 Å². The van der Waals surface area contributed by atoms with Gasteiger partial charge in [-0.25, -0.2) is 4.79 Å². The lowest BCUT2D eigenvalue weighted by atomic mass is 10.2. The van der Waals surface area contributed by atoms with Crippen molar-refractivity contribution >= 4 is 12.0 Å². The van der Waals surface area contributed by atoms with Crippen molar-refractivity contribution in [2.75, 3.05) is 27.2 Å². The maximum atomic E-state index is 11.7. The maximum absolute atomic E-state index is 11.7. The van der Waals surface area contributed by atoms with Crippen LogP contribution < -0.4 is 9.47 Å². The quantitative estimate of drug-likeness (QED) is 0.447. The number of benzene rings is 2. The highest BCUT2D eigenvalue weighted by Gasteiger charge is 1.99. The molecule has 0 fully saturated rings. The molecule has 0 amide bonds. The molecule has 0 aliphatic carbocycles. The molecule has 0 N–H and O–H groups in total. The second kappa shape index (κ2) is 8.76. The minimum atomic E-state index is -0.400. The summed E-state index contributed by atoms with van der Waals surface area (Å²) in [6.45, 7) is 1.51. The Morgan fingerprint density at radius 3 is 2.35 bits per heavy atom. The van der Waals surface area contributed by atoms with E-state index in [1.807, 2.05) is 56.6 Å². The van der Waals surface area contributed by atoms with Gasteiger partial charge in [0.25, 0.3) is 0 Å². The molecule has 0 saturated carbocycles. The zero-order chi connectivity index (χ0) is 16.5. The molecule has 2 rings (SSSR count). The van der Waals surface area contributed by atoms with Gasteiger partial charge >= 0.3 is 5.97 Å². The summed E-state index contributed by atoms with van der Waals surface area (Å²) < 4.78 is 10.8. The molecule has 0 atom stereocenters. The van der Waals surface area contributed by atoms with Crippen molar-refractivity contribution in [2.45, 2.75) is 0 Å². The number of rotatable bonds is 7. The largest absolute Gasteiger partial charge is 0.492 e. The third kappa shape index (κ3) is 6.36. The highest BCUT2D eigenvalue weighted by Crippen LogP contribution is 2.14. The van der Waals surface area contributed by atoms with Crippen LogP contribution in [0.2, 0.25) is 0 Å². The molecule has 0 saturated heterocycles. The number of carbonyl (C=O) groups excluding carboxylic acids is 1. The molecule has 0 aromatic heterocycles. The summed E-state index contributed by atoms with van der Waals surface area (Å²) in [7, 11) is 4.01. The molecule has 2 aromatic carbocycles. The van der Waals surface area contributed by atoms with E-state index in [2.05, 4.69) is 4.90 Å². The molecule has 0 spiro atoms. The van der Waals surface area contributed by atoms with Gasteiger partial charge in [0, 0.05) is 12.6 Å². The van der Waals surface area contributed by atoms with Crippen molar-refractivity contribution in [1.82, 2.24) is 4.90 Å². The molecule has 4 heteroatoms. The monoisotopic (exact) mass is 311 g/mol. The summed E-state index contributed by atoms with van der Waals surface area (Å²) in [6.07, 6.45) is 3.13. The standard InChI is InChI=1S/C19H21NO3/c1-20(2)14-15-22-17-11-8-16(9-12-17)10-13-19(21)23-18-6-4-3-5-7-18/h3-13H,14-15H2,1-2H3. The van der Waals surface area contributed by atoms with Crippen LogP contribution in [0.1, 0.15) is 5.56 Å². The Bertz CT molecular complexity index is 633. The summed E-state index contributed by atoms with van der Waals surface area (Å²) in [6, 6.07) is 16.6. The van der Waals surface area contributed by atoms with Crippen LogP contribution in [-0.4, -0.2) is 38.1 Å². The summed E-state index contributed by atoms with van der Waals surface area (Å²) in [5.41, 5.74) is 0.912. The van der Waals surface area contributed by atoms with Crippen LogP contribution in [0.25, 0.3) is 6.08 Å². The molecule has 0 unspecified atom stereocenters. The number of carbonyl (C=O) groups is 1. The molecule has 0 heterocycles. The smallest absolute Gasteiger partial charge is 0.336 e. The Morgan fingerprint density at radius 2 is 1.70 bits per heavy atom. The third-order valence-corrected chi connectivity index (χ3v) is 3.06. The first kappa shape index (κ1) is 16.8. The van der Waals surface area contributed by atoms with Gasteiger partial charge in [0.2, 0.25) is 0 Å². The Balaban J connectivity index is 1.84. The summed E-state index contributed by atoms with van der Waals surface area (Å²) in [5, 5.41) is 0. The van der Waals surface area contributed by atoms with E-state index in [0.29, 0.717) is 12.4 Å². The minimum absolute atomic E-state index is 0.400. The maximum Gasteiger partial charge on any atom is 0.336 e. The highest BCUT2D eigenvalue weighted by molar-refractivity contribution is 5.88. The van der Waals surface area contributed by atoms with Crippen LogP contribution in [-0.2, 0) is 4.79 Å². The number of hydrogen-bond acceptors (Lipinski definition) is 4. The Labute approximate surface area is 137 Å². The topological polar surface area (TPSA) is 38.8 Å². The number of ether oxygens (including phenoxy) is 2. The second-order valence-corrected chi connectivity index (χ2v) is 5.29. The van der Waals surface area contributed by atoms with Crippen molar-refractivity contribution in [1.29, 1.82) is 0 Å². The van der Waals surface area contributed by atoms with Gasteiger partial charge in [-0.05, 0) is 50.0 Å². The summed E-state index contributed by atoms with van der Waals surface area (Å²) in [4.78, 5) is 13.8. The van der Waals surface area contributed by atoms with E-state index in [0.717, 1.165) is 17.9 Å². The van der Waals surface area contributed by atoms with Crippen molar-refractivity contribution in [3.63, 3.8) is 0 Å². The molecule has 4 nitrogen and oxygen atoms in total. The van der Waals surface area contributed by atoms with Crippen molar-refractivity contribution in [3.05, 3.63) is 66.2 Å². The second-order valence-electron chi connectivity index (χ2n) is 5.29. The van der Waals surface area contributed by atoms with Gasteiger partial charge in [0.05, 0.1) is 0 Å². The van der Waals surface area contributed by atoms with Crippen molar-refractivity contribution in [3.8, 4) is 11.5 Å². The predicted octanol–water partition coefficient (Wildman–Crippen LogP) is 3.25. The van der Waals surface area contributed by atoms with E-state index in [1.165, 1.54) is 6.08 Å². The van der Waals surface area contributed by atoms with Gasteiger partial charge in [-0.15, -0.1) is 0 Å². The van der Waals surface area contributed by atoms with Crippen LogP contribution in [0.3, 0.4) is 0 Å². The molecular formula is C19H21NO3. The van der Waals surface area contributed by atoms with Gasteiger partial charge in [0.1, 0.15) is 18.1 Å². The first-order valence-electron chi connectivity index (χ1n) is 7.46. The SMILES string of the molecule is CN(C)CCOc1ccc(C=CC(=O)Oc2ccccc2)cc1. The first-order chi connectivity index (χ1) is 11.1. The average molecular weight is 311 g/mol. The first-order valence-corrected chi connectivity index (χ1v) is 7.46. The third-order valence-electron chi connectivity index (χ3n) is 3.06. The Kier molecular flexibility index (Phi) is 6.39. The predicted molar refractivity (Wildman–Crippen MR) is 91.6 cm³/mol. The normalized spacial score (nSPS) is 10.9. The number of nitrogens with zero attached hydrogens (tertiary/aromatic N) is 1. The fraction of sp³-hybridized carbons (Fsp3) is 0.211. The fourth-order valence-electron chi connectivity index (χ4n) is 1.82. The van der Waals surface area contributed by atoms with Gasteiger partial charge in [-0.3, -0.25) is 0 Å². The van der Waals surface area contributed by atoms with E-state index in [9.17, 15) is 4.79 Å². The highest BCUT2D eigenvalue weighted by atomic mass is 16.5. The molecule has 0 bridgehead atoms. The molecule has 0 radical (unpaired) electrons. The molecule has 2 aromatic rings. The van der Waals surface area contributed by atoms with Gasteiger partial charge in [-0.2, -0.15) is 0 Å².